The molecule has 0 aliphatic carbocycles. The highest BCUT2D eigenvalue weighted by Gasteiger charge is 2.46. The van der Waals surface area contributed by atoms with Gasteiger partial charge in [-0.25, -0.2) is 4.39 Å². The molecule has 1 fully saturated rings. The van der Waals surface area contributed by atoms with Crippen LogP contribution in [-0.4, -0.2) is 42.0 Å². The van der Waals surface area contributed by atoms with Crippen LogP contribution in [0, 0.1) is 11.7 Å². The van der Waals surface area contributed by atoms with Crippen molar-refractivity contribution in [3.05, 3.63) is 65.0 Å². The smallest absolute Gasteiger partial charge is 0.295 e. The van der Waals surface area contributed by atoms with Crippen molar-refractivity contribution >= 4 is 17.4 Å². The Labute approximate surface area is 187 Å². The van der Waals surface area contributed by atoms with E-state index in [1.807, 2.05) is 20.8 Å². The van der Waals surface area contributed by atoms with Gasteiger partial charge in [-0.2, -0.15) is 0 Å². The van der Waals surface area contributed by atoms with E-state index >= 15 is 0 Å². The molecule has 0 bridgehead atoms. The van der Waals surface area contributed by atoms with E-state index in [0.29, 0.717) is 36.8 Å². The fourth-order valence-corrected chi connectivity index (χ4v) is 3.75. The molecule has 0 radical (unpaired) electrons. The van der Waals surface area contributed by atoms with Gasteiger partial charge in [-0.1, -0.05) is 32.9 Å². The zero-order valence-corrected chi connectivity index (χ0v) is 18.7. The number of rotatable bonds is 8. The molecule has 0 spiro atoms. The number of aliphatic hydroxyl groups excluding tert-OH is 1. The number of hydrogen-bond donors (Lipinski definition) is 1. The highest BCUT2D eigenvalue weighted by atomic mass is 19.1. The maximum absolute atomic E-state index is 14.0. The van der Waals surface area contributed by atoms with Crippen molar-refractivity contribution in [2.45, 2.75) is 33.2 Å². The average Bonchev–Trinajstić information content (AvgIpc) is 3.02. The van der Waals surface area contributed by atoms with Crippen LogP contribution in [-0.2, 0) is 9.59 Å². The van der Waals surface area contributed by atoms with E-state index in [1.54, 1.807) is 24.3 Å². The van der Waals surface area contributed by atoms with Crippen LogP contribution >= 0.6 is 0 Å². The van der Waals surface area contributed by atoms with Crippen molar-refractivity contribution in [3.8, 4) is 11.5 Å². The number of ketones is 1. The highest BCUT2D eigenvalue weighted by molar-refractivity contribution is 6.46. The predicted molar refractivity (Wildman–Crippen MR) is 119 cm³/mol. The monoisotopic (exact) mass is 441 g/mol. The number of ether oxygens (including phenoxy) is 2. The normalized spacial score (nSPS) is 17.8. The highest BCUT2D eigenvalue weighted by Crippen LogP contribution is 2.41. The molecule has 32 heavy (non-hydrogen) atoms. The molecule has 1 aliphatic heterocycles. The Morgan fingerprint density at radius 3 is 2.59 bits per heavy atom. The van der Waals surface area contributed by atoms with E-state index in [-0.39, 0.29) is 16.9 Å². The Morgan fingerprint density at radius 2 is 1.94 bits per heavy atom. The van der Waals surface area contributed by atoms with Gasteiger partial charge < -0.3 is 19.5 Å². The quantitative estimate of drug-likeness (QED) is 0.365. The van der Waals surface area contributed by atoms with Crippen LogP contribution in [0.2, 0.25) is 0 Å². The summed E-state index contributed by atoms with van der Waals surface area (Å²) in [6.45, 7) is 6.80. The Morgan fingerprint density at radius 1 is 1.19 bits per heavy atom. The second kappa shape index (κ2) is 9.85. The molecule has 1 aliphatic rings. The summed E-state index contributed by atoms with van der Waals surface area (Å²) >= 11 is 0. The van der Waals surface area contributed by atoms with Crippen LogP contribution in [0.1, 0.15) is 44.4 Å². The van der Waals surface area contributed by atoms with Crippen molar-refractivity contribution in [2.75, 3.05) is 20.3 Å². The van der Waals surface area contributed by atoms with Crippen molar-refractivity contribution in [1.29, 1.82) is 0 Å². The molecule has 170 valence electrons. The molecule has 1 amide bonds. The summed E-state index contributed by atoms with van der Waals surface area (Å²) in [7, 11) is 1.38. The third-order valence-electron chi connectivity index (χ3n) is 5.18. The lowest BCUT2D eigenvalue weighted by Gasteiger charge is -2.25. The van der Waals surface area contributed by atoms with E-state index < -0.39 is 29.3 Å². The second-order valence-electron chi connectivity index (χ2n) is 8.11. The van der Waals surface area contributed by atoms with Crippen LogP contribution in [0.25, 0.3) is 5.76 Å². The van der Waals surface area contributed by atoms with Crippen LogP contribution in [0.4, 0.5) is 4.39 Å². The molecule has 1 saturated heterocycles. The summed E-state index contributed by atoms with van der Waals surface area (Å²) in [6, 6.07) is 9.93. The van der Waals surface area contributed by atoms with Crippen molar-refractivity contribution in [1.82, 2.24) is 4.90 Å². The lowest BCUT2D eigenvalue weighted by atomic mass is 9.94. The summed E-state index contributed by atoms with van der Waals surface area (Å²) < 4.78 is 25.0. The Bertz CT molecular complexity index is 1050. The van der Waals surface area contributed by atoms with Gasteiger partial charge in [0.25, 0.3) is 11.7 Å². The maximum atomic E-state index is 14.0. The standard InChI is InChI=1S/C25H28FNO5/c1-5-11-27-22(16-7-6-8-18(12-16)32-14-15(2)3)21(24(29)25(27)30)23(28)19-13-17(26)9-10-20(19)31-4/h6-10,12-13,15,22,28H,5,11,14H2,1-4H3/b23-21+. The number of likely N-dealkylation sites (tertiary alicyclic amines) is 1. The maximum Gasteiger partial charge on any atom is 0.295 e. The number of hydrogen-bond acceptors (Lipinski definition) is 5. The predicted octanol–water partition coefficient (Wildman–Crippen LogP) is 4.70. The third-order valence-corrected chi connectivity index (χ3v) is 5.18. The molecule has 1 N–H and O–H groups in total. The molecular formula is C25H28FNO5. The first kappa shape index (κ1) is 23.3. The summed E-state index contributed by atoms with van der Waals surface area (Å²) in [4.78, 5) is 27.3. The zero-order valence-electron chi connectivity index (χ0n) is 18.7. The minimum absolute atomic E-state index is 0.0132. The number of amides is 1. The Hall–Kier alpha value is -3.35. The van der Waals surface area contributed by atoms with Crippen LogP contribution < -0.4 is 9.47 Å². The average molecular weight is 441 g/mol. The molecule has 0 aromatic heterocycles. The number of benzene rings is 2. The molecule has 3 rings (SSSR count). The first-order valence-electron chi connectivity index (χ1n) is 10.6. The van der Waals surface area contributed by atoms with Gasteiger partial charge in [0, 0.05) is 6.54 Å². The molecule has 1 unspecified atom stereocenters. The van der Waals surface area contributed by atoms with Gasteiger partial charge in [0.15, 0.2) is 0 Å². The first-order valence-corrected chi connectivity index (χ1v) is 10.6. The molecule has 1 heterocycles. The SMILES string of the molecule is CCCN1C(=O)C(=O)/C(=C(/O)c2cc(F)ccc2OC)C1c1cccc(OCC(C)C)c1. The van der Waals surface area contributed by atoms with Crippen molar-refractivity contribution < 1.29 is 28.6 Å². The van der Waals surface area contributed by atoms with Gasteiger partial charge in [-0.3, -0.25) is 9.59 Å². The molecule has 2 aromatic carbocycles. The molecule has 1 atom stereocenters. The minimum atomic E-state index is -0.828. The summed E-state index contributed by atoms with van der Waals surface area (Å²) in [5, 5.41) is 11.1. The number of aliphatic hydroxyl groups is 1. The number of carbonyl (C=O) groups excluding carboxylic acids is 2. The fraction of sp³-hybridized carbons (Fsp3) is 0.360. The van der Waals surface area contributed by atoms with Crippen LogP contribution in [0.5, 0.6) is 11.5 Å². The van der Waals surface area contributed by atoms with Gasteiger partial charge >= 0.3 is 0 Å². The van der Waals surface area contributed by atoms with Crippen LogP contribution in [0.3, 0.4) is 0 Å². The topological polar surface area (TPSA) is 76.1 Å². The van der Waals surface area contributed by atoms with E-state index in [4.69, 9.17) is 9.47 Å². The first-order chi connectivity index (χ1) is 15.3. The van der Waals surface area contributed by atoms with Crippen molar-refractivity contribution in [2.24, 2.45) is 5.92 Å². The van der Waals surface area contributed by atoms with E-state index in [9.17, 15) is 19.1 Å². The van der Waals surface area contributed by atoms with Gasteiger partial charge in [-0.15, -0.1) is 0 Å². The number of halogens is 1. The lowest BCUT2D eigenvalue weighted by Crippen LogP contribution is -2.30. The summed E-state index contributed by atoms with van der Waals surface area (Å²) in [6.07, 6.45) is 0.621. The Balaban J connectivity index is 2.17. The Kier molecular flexibility index (Phi) is 7.18. The largest absolute Gasteiger partial charge is 0.507 e. The molecule has 6 nitrogen and oxygen atoms in total. The van der Waals surface area contributed by atoms with Gasteiger partial charge in [0.05, 0.1) is 30.9 Å². The fourth-order valence-electron chi connectivity index (χ4n) is 3.75. The van der Waals surface area contributed by atoms with Gasteiger partial charge in [-0.05, 0) is 48.2 Å². The summed E-state index contributed by atoms with van der Waals surface area (Å²) in [5.41, 5.74) is 0.531. The third kappa shape index (κ3) is 4.61. The molecular weight excluding hydrogens is 413 g/mol. The lowest BCUT2D eigenvalue weighted by molar-refractivity contribution is -0.139. The van der Waals surface area contributed by atoms with E-state index in [2.05, 4.69) is 0 Å². The second-order valence-corrected chi connectivity index (χ2v) is 8.11. The van der Waals surface area contributed by atoms with Gasteiger partial charge in [0.1, 0.15) is 23.1 Å². The molecule has 0 saturated carbocycles. The number of Topliss-reactive ketones (excluding diaryl/α,β-unsaturated/α-hetero) is 1. The van der Waals surface area contributed by atoms with E-state index in [1.165, 1.54) is 24.1 Å². The van der Waals surface area contributed by atoms with Gasteiger partial charge in [0.2, 0.25) is 0 Å². The molecule has 2 aromatic rings. The minimum Gasteiger partial charge on any atom is -0.507 e. The van der Waals surface area contributed by atoms with Crippen LogP contribution in [0.15, 0.2) is 48.0 Å². The molecule has 7 heteroatoms. The number of nitrogens with zero attached hydrogens (tertiary/aromatic N) is 1. The van der Waals surface area contributed by atoms with Crippen molar-refractivity contribution in [3.63, 3.8) is 0 Å². The van der Waals surface area contributed by atoms with E-state index in [0.717, 1.165) is 6.07 Å². The zero-order chi connectivity index (χ0) is 23.4. The number of methoxy groups -OCH3 is 1. The number of carbonyl (C=O) groups is 2. The summed E-state index contributed by atoms with van der Waals surface area (Å²) in [5.74, 6) is -1.49.